The molecule has 0 unspecified atom stereocenters. The molecule has 156 valence electrons. The summed E-state index contributed by atoms with van der Waals surface area (Å²) in [4.78, 5) is 23.5. The molecule has 1 aliphatic rings. The molecule has 3 aromatic rings. The minimum atomic E-state index is -0.0322. The maximum Gasteiger partial charge on any atom is 0.230 e. The fourth-order valence-corrected chi connectivity index (χ4v) is 4.54. The third-order valence-electron chi connectivity index (χ3n) is 5.26. The molecule has 0 N–H and O–H groups in total. The van der Waals surface area contributed by atoms with E-state index in [-0.39, 0.29) is 5.91 Å². The summed E-state index contributed by atoms with van der Waals surface area (Å²) in [5.41, 5.74) is 3.08. The zero-order chi connectivity index (χ0) is 20.9. The molecule has 2 heterocycles. The van der Waals surface area contributed by atoms with Crippen molar-refractivity contribution in [2.24, 2.45) is 0 Å². The lowest BCUT2D eigenvalue weighted by atomic mass is 10.2. The number of aromatic nitrogens is 1. The van der Waals surface area contributed by atoms with Gasteiger partial charge in [-0.3, -0.25) is 14.6 Å². The van der Waals surface area contributed by atoms with Gasteiger partial charge in [0.25, 0.3) is 0 Å². The van der Waals surface area contributed by atoms with Crippen molar-refractivity contribution in [1.82, 2.24) is 9.88 Å². The fourth-order valence-electron chi connectivity index (χ4n) is 3.66. The SMILES string of the molecule is COc1ccc(N2CCN(Cc3csc(N(C(C)=O)c4ccccc4)n3)CC2)cc1. The van der Waals surface area contributed by atoms with E-state index in [4.69, 9.17) is 9.72 Å². The number of benzene rings is 2. The quantitative estimate of drug-likeness (QED) is 0.597. The van der Waals surface area contributed by atoms with E-state index < -0.39 is 0 Å². The van der Waals surface area contributed by atoms with E-state index in [1.807, 2.05) is 42.5 Å². The molecule has 6 nitrogen and oxygen atoms in total. The van der Waals surface area contributed by atoms with Crippen molar-refractivity contribution in [2.75, 3.05) is 43.1 Å². The van der Waals surface area contributed by atoms with E-state index in [2.05, 4.69) is 27.3 Å². The Balaban J connectivity index is 1.37. The summed E-state index contributed by atoms with van der Waals surface area (Å²) < 4.78 is 5.24. The second-order valence-electron chi connectivity index (χ2n) is 7.27. The highest BCUT2D eigenvalue weighted by Gasteiger charge is 2.21. The van der Waals surface area contributed by atoms with E-state index in [1.54, 1.807) is 18.9 Å². The first kappa shape index (κ1) is 20.4. The molecule has 0 atom stereocenters. The number of para-hydroxylation sites is 1. The van der Waals surface area contributed by atoms with Crippen LogP contribution in [0.1, 0.15) is 12.6 Å². The Bertz CT molecular complexity index is 966. The highest BCUT2D eigenvalue weighted by Crippen LogP contribution is 2.29. The van der Waals surface area contributed by atoms with Crippen LogP contribution in [0.2, 0.25) is 0 Å². The molecule has 1 amide bonds. The standard InChI is InChI=1S/C23H26N4O2S/c1-18(28)27(21-6-4-3-5-7-21)23-24-19(17-30-23)16-25-12-14-26(15-13-25)20-8-10-22(29-2)11-9-20/h3-11,17H,12-16H2,1-2H3. The lowest BCUT2D eigenvalue weighted by Gasteiger charge is -2.35. The number of ether oxygens (including phenoxy) is 1. The molecule has 0 radical (unpaired) electrons. The van der Waals surface area contributed by atoms with E-state index in [0.717, 1.165) is 55.0 Å². The molecule has 2 aromatic carbocycles. The second kappa shape index (κ2) is 9.28. The molecule has 0 saturated carbocycles. The van der Waals surface area contributed by atoms with E-state index >= 15 is 0 Å². The normalized spacial score (nSPS) is 14.5. The summed E-state index contributed by atoms with van der Waals surface area (Å²) in [6.07, 6.45) is 0. The molecule has 1 saturated heterocycles. The first-order chi connectivity index (χ1) is 14.6. The monoisotopic (exact) mass is 422 g/mol. The van der Waals surface area contributed by atoms with Crippen molar-refractivity contribution < 1.29 is 9.53 Å². The molecule has 0 bridgehead atoms. The summed E-state index contributed by atoms with van der Waals surface area (Å²) in [5, 5.41) is 2.78. The number of amides is 1. The number of hydrogen-bond acceptors (Lipinski definition) is 6. The van der Waals surface area contributed by atoms with Gasteiger partial charge in [0.15, 0.2) is 5.13 Å². The Hall–Kier alpha value is -2.90. The minimum absolute atomic E-state index is 0.0322. The average molecular weight is 423 g/mol. The van der Waals surface area contributed by atoms with Crippen LogP contribution in [-0.2, 0) is 11.3 Å². The van der Waals surface area contributed by atoms with Crippen molar-refractivity contribution in [2.45, 2.75) is 13.5 Å². The number of carbonyl (C=O) groups is 1. The van der Waals surface area contributed by atoms with Crippen LogP contribution in [0.5, 0.6) is 5.75 Å². The van der Waals surface area contributed by atoms with Gasteiger partial charge in [-0.15, -0.1) is 11.3 Å². The highest BCUT2D eigenvalue weighted by molar-refractivity contribution is 7.14. The fraction of sp³-hybridized carbons (Fsp3) is 0.304. The average Bonchev–Trinajstić information content (AvgIpc) is 3.22. The van der Waals surface area contributed by atoms with Gasteiger partial charge >= 0.3 is 0 Å². The highest BCUT2D eigenvalue weighted by atomic mass is 32.1. The molecule has 0 spiro atoms. The van der Waals surface area contributed by atoms with Gasteiger partial charge in [-0.2, -0.15) is 0 Å². The molecule has 1 aliphatic heterocycles. The van der Waals surface area contributed by atoms with Crippen LogP contribution < -0.4 is 14.5 Å². The number of piperazine rings is 1. The topological polar surface area (TPSA) is 48.9 Å². The van der Waals surface area contributed by atoms with Gasteiger partial charge in [0.1, 0.15) is 5.75 Å². The zero-order valence-electron chi connectivity index (χ0n) is 17.3. The third-order valence-corrected chi connectivity index (χ3v) is 6.13. The Morgan fingerprint density at radius 2 is 1.77 bits per heavy atom. The van der Waals surface area contributed by atoms with Gasteiger partial charge in [-0.05, 0) is 36.4 Å². The number of hydrogen-bond donors (Lipinski definition) is 0. The zero-order valence-corrected chi connectivity index (χ0v) is 18.1. The molecular formula is C23H26N4O2S. The van der Waals surface area contributed by atoms with Gasteiger partial charge in [0.05, 0.1) is 18.5 Å². The Kier molecular flexibility index (Phi) is 6.30. The van der Waals surface area contributed by atoms with Crippen molar-refractivity contribution in [3.05, 3.63) is 65.7 Å². The molecular weight excluding hydrogens is 396 g/mol. The van der Waals surface area contributed by atoms with Crippen LogP contribution >= 0.6 is 11.3 Å². The predicted molar refractivity (Wildman–Crippen MR) is 122 cm³/mol. The number of rotatable bonds is 6. The van der Waals surface area contributed by atoms with E-state index in [0.29, 0.717) is 0 Å². The van der Waals surface area contributed by atoms with Crippen LogP contribution in [0, 0.1) is 0 Å². The van der Waals surface area contributed by atoms with Crippen molar-refractivity contribution >= 4 is 33.8 Å². The van der Waals surface area contributed by atoms with Crippen LogP contribution in [-0.4, -0.2) is 49.1 Å². The summed E-state index contributed by atoms with van der Waals surface area (Å²) in [7, 11) is 1.69. The molecule has 1 fully saturated rings. The van der Waals surface area contributed by atoms with Crippen LogP contribution in [0.3, 0.4) is 0 Å². The Labute approximate surface area is 181 Å². The van der Waals surface area contributed by atoms with Crippen LogP contribution in [0.25, 0.3) is 0 Å². The minimum Gasteiger partial charge on any atom is -0.497 e. The van der Waals surface area contributed by atoms with Crippen molar-refractivity contribution in [3.8, 4) is 5.75 Å². The largest absolute Gasteiger partial charge is 0.497 e. The lowest BCUT2D eigenvalue weighted by Crippen LogP contribution is -2.46. The maximum atomic E-state index is 12.2. The van der Waals surface area contributed by atoms with Crippen LogP contribution in [0.15, 0.2) is 60.0 Å². The maximum absolute atomic E-state index is 12.2. The molecule has 4 rings (SSSR count). The Morgan fingerprint density at radius 3 is 2.40 bits per heavy atom. The summed E-state index contributed by atoms with van der Waals surface area (Å²) in [6, 6.07) is 17.9. The van der Waals surface area contributed by atoms with E-state index in [9.17, 15) is 4.79 Å². The summed E-state index contributed by atoms with van der Waals surface area (Å²) >= 11 is 1.52. The van der Waals surface area contributed by atoms with Gasteiger partial charge in [-0.25, -0.2) is 4.98 Å². The lowest BCUT2D eigenvalue weighted by molar-refractivity contribution is -0.115. The number of anilines is 3. The number of methoxy groups -OCH3 is 1. The molecule has 1 aromatic heterocycles. The molecule has 7 heteroatoms. The summed E-state index contributed by atoms with van der Waals surface area (Å²) in [5.74, 6) is 0.849. The number of nitrogens with zero attached hydrogens (tertiary/aromatic N) is 4. The van der Waals surface area contributed by atoms with E-state index in [1.165, 1.54) is 17.0 Å². The summed E-state index contributed by atoms with van der Waals surface area (Å²) in [6.45, 7) is 6.29. The smallest absolute Gasteiger partial charge is 0.230 e. The van der Waals surface area contributed by atoms with Gasteiger partial charge in [-0.1, -0.05) is 18.2 Å². The first-order valence-corrected chi connectivity index (χ1v) is 10.9. The van der Waals surface area contributed by atoms with Crippen molar-refractivity contribution in [3.63, 3.8) is 0 Å². The predicted octanol–water partition coefficient (Wildman–Crippen LogP) is 4.16. The van der Waals surface area contributed by atoms with Gasteiger partial charge in [0, 0.05) is 50.7 Å². The Morgan fingerprint density at radius 1 is 1.07 bits per heavy atom. The number of thiazole rings is 1. The molecule has 0 aliphatic carbocycles. The second-order valence-corrected chi connectivity index (χ2v) is 8.11. The van der Waals surface area contributed by atoms with Crippen LogP contribution in [0.4, 0.5) is 16.5 Å². The first-order valence-electron chi connectivity index (χ1n) is 10.1. The van der Waals surface area contributed by atoms with Gasteiger partial charge in [0.2, 0.25) is 5.91 Å². The third kappa shape index (κ3) is 4.63. The number of carbonyl (C=O) groups excluding carboxylic acids is 1. The van der Waals surface area contributed by atoms with Gasteiger partial charge < -0.3 is 9.64 Å². The van der Waals surface area contributed by atoms with Crippen molar-refractivity contribution in [1.29, 1.82) is 0 Å². The molecule has 30 heavy (non-hydrogen) atoms.